The van der Waals surface area contributed by atoms with Crippen molar-refractivity contribution in [3.8, 4) is 5.75 Å². The lowest BCUT2D eigenvalue weighted by Gasteiger charge is -2.07. The van der Waals surface area contributed by atoms with E-state index in [-0.39, 0.29) is 0 Å². The molecule has 12 heavy (non-hydrogen) atoms. The Kier molecular flexibility index (Phi) is 2.28. The lowest BCUT2D eigenvalue weighted by molar-refractivity contribution is 0.417. The molecule has 0 aromatic heterocycles. The highest BCUT2D eigenvalue weighted by molar-refractivity contribution is 5.79. The van der Waals surface area contributed by atoms with Gasteiger partial charge in [0.25, 0.3) is 0 Å². The summed E-state index contributed by atoms with van der Waals surface area (Å²) in [6.45, 7) is 3.31. The second-order valence-electron chi connectivity index (χ2n) is 2.37. The molecule has 0 saturated carbocycles. The maximum Gasteiger partial charge on any atom is 0.132 e. The predicted molar refractivity (Wildman–Crippen MR) is 50.3 cm³/mol. The first-order valence-corrected chi connectivity index (χ1v) is 3.54. The Morgan fingerprint density at radius 2 is 1.67 bits per heavy atom. The van der Waals surface area contributed by atoms with Crippen LogP contribution in [0, 0.1) is 6.61 Å². The molecule has 4 heteroatoms. The van der Waals surface area contributed by atoms with Gasteiger partial charge in [-0.15, -0.1) is 0 Å². The molecule has 0 aliphatic carbocycles. The van der Waals surface area contributed by atoms with E-state index in [4.69, 9.17) is 21.9 Å². The van der Waals surface area contributed by atoms with Gasteiger partial charge in [0.2, 0.25) is 0 Å². The van der Waals surface area contributed by atoms with Gasteiger partial charge in [0.1, 0.15) is 12.4 Å². The molecule has 0 atom stereocenters. The van der Waals surface area contributed by atoms with E-state index in [0.29, 0.717) is 22.8 Å². The third-order valence-corrected chi connectivity index (χ3v) is 1.47. The first-order valence-electron chi connectivity index (χ1n) is 3.54. The van der Waals surface area contributed by atoms with Crippen LogP contribution in [-0.4, -0.2) is 0 Å². The molecule has 6 N–H and O–H groups in total. The van der Waals surface area contributed by atoms with E-state index in [1.807, 2.05) is 0 Å². The van der Waals surface area contributed by atoms with Crippen molar-refractivity contribution in [3.63, 3.8) is 0 Å². The minimum Gasteiger partial charge on any atom is -0.487 e. The third-order valence-electron chi connectivity index (χ3n) is 1.47. The number of benzene rings is 1. The Hall–Kier alpha value is -1.58. The molecule has 0 fully saturated rings. The van der Waals surface area contributed by atoms with Gasteiger partial charge in [0.15, 0.2) is 0 Å². The molecule has 0 heterocycles. The summed E-state index contributed by atoms with van der Waals surface area (Å²) in [5.41, 5.74) is 17.9. The van der Waals surface area contributed by atoms with Crippen LogP contribution in [0.1, 0.15) is 6.92 Å². The van der Waals surface area contributed by atoms with Crippen LogP contribution >= 0.6 is 0 Å². The second kappa shape index (κ2) is 3.21. The third kappa shape index (κ3) is 1.53. The number of hydrogen-bond acceptors (Lipinski definition) is 4. The Bertz CT molecular complexity index is 263. The summed E-state index contributed by atoms with van der Waals surface area (Å²) in [6.07, 6.45) is 0. The summed E-state index contributed by atoms with van der Waals surface area (Å²) in [5.74, 6) is 0.599. The molecule has 0 bridgehead atoms. The summed E-state index contributed by atoms with van der Waals surface area (Å²) in [4.78, 5) is 0. The highest BCUT2D eigenvalue weighted by atomic mass is 16.5. The van der Waals surface area contributed by atoms with Gasteiger partial charge in [-0.05, 0) is 6.92 Å². The van der Waals surface area contributed by atoms with Gasteiger partial charge in [-0.1, -0.05) is 0 Å². The van der Waals surface area contributed by atoms with Gasteiger partial charge in [-0.25, -0.2) is 0 Å². The van der Waals surface area contributed by atoms with Crippen LogP contribution < -0.4 is 21.9 Å². The fourth-order valence-electron chi connectivity index (χ4n) is 0.874. The normalized spacial score (nSPS) is 9.75. The fraction of sp³-hybridized carbons (Fsp3) is 0.125. The van der Waals surface area contributed by atoms with E-state index < -0.39 is 0 Å². The van der Waals surface area contributed by atoms with E-state index in [1.54, 1.807) is 25.7 Å². The highest BCUT2D eigenvalue weighted by Crippen LogP contribution is 2.28. The van der Waals surface area contributed by atoms with Crippen LogP contribution in [0.25, 0.3) is 0 Å². The molecule has 1 aromatic carbocycles. The quantitative estimate of drug-likeness (QED) is 0.572. The maximum atomic E-state index is 5.55. The number of nitrogens with two attached hydrogens (primary N) is 3. The van der Waals surface area contributed by atoms with Gasteiger partial charge in [0, 0.05) is 12.1 Å². The largest absolute Gasteiger partial charge is 0.487 e. The van der Waals surface area contributed by atoms with Gasteiger partial charge in [-0.2, -0.15) is 0 Å². The van der Waals surface area contributed by atoms with Gasteiger partial charge in [-0.3, -0.25) is 0 Å². The Morgan fingerprint density at radius 3 is 2.08 bits per heavy atom. The zero-order valence-corrected chi connectivity index (χ0v) is 6.87. The van der Waals surface area contributed by atoms with E-state index in [9.17, 15) is 0 Å². The molecule has 1 rings (SSSR count). The van der Waals surface area contributed by atoms with Crippen molar-refractivity contribution in [2.75, 3.05) is 17.2 Å². The fourth-order valence-corrected chi connectivity index (χ4v) is 0.874. The lowest BCUT2D eigenvalue weighted by atomic mass is 10.2. The lowest BCUT2D eigenvalue weighted by Crippen LogP contribution is -2.00. The Balaban J connectivity index is 3.04. The highest BCUT2D eigenvalue weighted by Gasteiger charge is 2.02. The van der Waals surface area contributed by atoms with Gasteiger partial charge < -0.3 is 21.9 Å². The zero-order chi connectivity index (χ0) is 9.14. The van der Waals surface area contributed by atoms with Crippen molar-refractivity contribution < 1.29 is 4.74 Å². The SMILES string of the molecule is C[CH]Oc1cc(N)c(N)c(N)c1. The Labute approximate surface area is 71.3 Å². The molecule has 0 spiro atoms. The number of hydrogen-bond donors (Lipinski definition) is 3. The number of nitrogen functional groups attached to an aromatic ring is 3. The maximum absolute atomic E-state index is 5.55. The smallest absolute Gasteiger partial charge is 0.132 e. The predicted octanol–water partition coefficient (Wildman–Crippen LogP) is 0.994. The topological polar surface area (TPSA) is 87.3 Å². The molecule has 1 radical (unpaired) electrons. The van der Waals surface area contributed by atoms with Crippen molar-refractivity contribution in [3.05, 3.63) is 18.7 Å². The van der Waals surface area contributed by atoms with Crippen LogP contribution in [0.5, 0.6) is 5.75 Å². The van der Waals surface area contributed by atoms with Crippen LogP contribution in [0.3, 0.4) is 0 Å². The minimum absolute atomic E-state index is 0.401. The number of anilines is 3. The van der Waals surface area contributed by atoms with Crippen LogP contribution in [-0.2, 0) is 0 Å². The standard InChI is InChI=1S/C8H12N3O/c1-2-12-5-3-6(9)8(11)7(10)4-5/h2-4H,9-11H2,1H3. The van der Waals surface area contributed by atoms with Crippen LogP contribution in [0.2, 0.25) is 0 Å². The van der Waals surface area contributed by atoms with Crippen molar-refractivity contribution >= 4 is 17.1 Å². The second-order valence-corrected chi connectivity index (χ2v) is 2.37. The van der Waals surface area contributed by atoms with Gasteiger partial charge >= 0.3 is 0 Å². The molecule has 0 amide bonds. The molecule has 0 unspecified atom stereocenters. The number of rotatable bonds is 2. The molecule has 0 aliphatic heterocycles. The van der Waals surface area contributed by atoms with Crippen molar-refractivity contribution in [1.82, 2.24) is 0 Å². The average Bonchev–Trinajstić information content (AvgIpc) is 2.01. The van der Waals surface area contributed by atoms with E-state index in [1.165, 1.54) is 0 Å². The first-order chi connectivity index (χ1) is 5.65. The Morgan fingerprint density at radius 1 is 1.17 bits per heavy atom. The molecule has 4 nitrogen and oxygen atoms in total. The van der Waals surface area contributed by atoms with E-state index in [2.05, 4.69) is 0 Å². The average molecular weight is 166 g/mol. The molecule has 0 saturated heterocycles. The van der Waals surface area contributed by atoms with Crippen LogP contribution in [0.4, 0.5) is 17.1 Å². The molecule has 0 aliphatic rings. The molecular formula is C8H12N3O. The van der Waals surface area contributed by atoms with Gasteiger partial charge in [0.05, 0.1) is 17.1 Å². The number of ether oxygens (including phenoxy) is 1. The summed E-state index contributed by atoms with van der Waals surface area (Å²) in [5, 5.41) is 0. The molecule has 1 aromatic rings. The minimum atomic E-state index is 0.401. The summed E-state index contributed by atoms with van der Waals surface area (Å²) < 4.78 is 5.08. The van der Waals surface area contributed by atoms with Crippen LogP contribution in [0.15, 0.2) is 12.1 Å². The van der Waals surface area contributed by atoms with E-state index >= 15 is 0 Å². The van der Waals surface area contributed by atoms with Crippen molar-refractivity contribution in [1.29, 1.82) is 0 Å². The summed E-state index contributed by atoms with van der Waals surface area (Å²) >= 11 is 0. The summed E-state index contributed by atoms with van der Waals surface area (Å²) in [6, 6.07) is 3.26. The summed E-state index contributed by atoms with van der Waals surface area (Å²) in [7, 11) is 0. The molecular weight excluding hydrogens is 154 g/mol. The van der Waals surface area contributed by atoms with E-state index in [0.717, 1.165) is 0 Å². The van der Waals surface area contributed by atoms with Crippen molar-refractivity contribution in [2.45, 2.75) is 6.92 Å². The molecule has 65 valence electrons. The van der Waals surface area contributed by atoms with Crippen molar-refractivity contribution in [2.24, 2.45) is 0 Å². The first kappa shape index (κ1) is 8.52. The monoisotopic (exact) mass is 166 g/mol. The zero-order valence-electron chi connectivity index (χ0n) is 6.87.